The number of carbonyl (C=O) groups is 1. The average Bonchev–Trinajstić information content (AvgIpc) is 3.36. The summed E-state index contributed by atoms with van der Waals surface area (Å²) in [5.41, 5.74) is 0.273. The third-order valence-electron chi connectivity index (χ3n) is 5.39. The zero-order chi connectivity index (χ0) is 19.9. The van der Waals surface area contributed by atoms with E-state index in [0.29, 0.717) is 29.8 Å². The molecule has 1 saturated heterocycles. The SMILES string of the molecule is CNC1(C(=O)N[C@@H]2[C@@H](O)[C@H](O)[C@@H](Nc3ncnc4nc[nH]c34)O[C@H]2CO)CC1. The van der Waals surface area contributed by atoms with E-state index in [9.17, 15) is 20.1 Å². The van der Waals surface area contributed by atoms with Crippen molar-refractivity contribution < 1.29 is 24.9 Å². The van der Waals surface area contributed by atoms with Crippen LogP contribution in [0.2, 0.25) is 0 Å². The minimum atomic E-state index is -1.38. The van der Waals surface area contributed by atoms with E-state index in [-0.39, 0.29) is 5.91 Å². The van der Waals surface area contributed by atoms with E-state index in [1.807, 2.05) is 0 Å². The molecule has 5 atom stereocenters. The smallest absolute Gasteiger partial charge is 0.240 e. The molecule has 0 aromatic carbocycles. The highest BCUT2D eigenvalue weighted by molar-refractivity contribution is 5.89. The van der Waals surface area contributed by atoms with Crippen LogP contribution in [-0.2, 0) is 9.53 Å². The lowest BCUT2D eigenvalue weighted by Gasteiger charge is -2.43. The zero-order valence-corrected chi connectivity index (χ0v) is 15.2. The Labute approximate surface area is 159 Å². The Kier molecular flexibility index (Phi) is 4.89. The largest absolute Gasteiger partial charge is 0.394 e. The molecule has 7 N–H and O–H groups in total. The fourth-order valence-electron chi connectivity index (χ4n) is 3.43. The highest BCUT2D eigenvalue weighted by atomic mass is 16.5. The number of rotatable bonds is 6. The molecule has 4 rings (SSSR count). The average molecular weight is 393 g/mol. The number of likely N-dealkylation sites (N-methyl/N-ethyl adjacent to an activating group) is 1. The number of H-pyrrole nitrogens is 1. The second kappa shape index (κ2) is 7.22. The number of aromatic amines is 1. The molecular formula is C16H23N7O5. The molecule has 0 unspecified atom stereocenters. The number of aromatic nitrogens is 4. The molecule has 152 valence electrons. The molecule has 12 nitrogen and oxygen atoms in total. The Bertz CT molecular complexity index is 855. The summed E-state index contributed by atoms with van der Waals surface area (Å²) in [5, 5.41) is 39.4. The normalized spacial score (nSPS) is 31.5. The Balaban J connectivity index is 1.50. The molecule has 2 aromatic rings. The van der Waals surface area contributed by atoms with Gasteiger partial charge in [-0.3, -0.25) is 4.79 Å². The quantitative estimate of drug-likeness (QED) is 0.276. The number of carbonyl (C=O) groups excluding carboxylic acids is 1. The van der Waals surface area contributed by atoms with Gasteiger partial charge in [-0.2, -0.15) is 0 Å². The molecule has 1 aliphatic heterocycles. The van der Waals surface area contributed by atoms with Crippen molar-refractivity contribution in [2.45, 2.75) is 49.0 Å². The van der Waals surface area contributed by atoms with Crippen LogP contribution in [0.1, 0.15) is 12.8 Å². The van der Waals surface area contributed by atoms with Crippen molar-refractivity contribution >= 4 is 22.9 Å². The van der Waals surface area contributed by atoms with E-state index in [1.165, 1.54) is 12.7 Å². The van der Waals surface area contributed by atoms with Gasteiger partial charge < -0.3 is 41.0 Å². The van der Waals surface area contributed by atoms with E-state index >= 15 is 0 Å². The number of aliphatic hydroxyl groups excluding tert-OH is 3. The first-order valence-electron chi connectivity index (χ1n) is 9.02. The van der Waals surface area contributed by atoms with E-state index < -0.39 is 42.7 Å². The number of hydrogen-bond donors (Lipinski definition) is 7. The van der Waals surface area contributed by atoms with E-state index in [4.69, 9.17) is 4.74 Å². The van der Waals surface area contributed by atoms with Gasteiger partial charge in [-0.25, -0.2) is 15.0 Å². The van der Waals surface area contributed by atoms with Gasteiger partial charge in [0, 0.05) is 0 Å². The predicted molar refractivity (Wildman–Crippen MR) is 96.0 cm³/mol. The van der Waals surface area contributed by atoms with Gasteiger partial charge in [-0.1, -0.05) is 0 Å². The van der Waals surface area contributed by atoms with Gasteiger partial charge in [-0.15, -0.1) is 0 Å². The third kappa shape index (κ3) is 3.18. The number of imidazole rings is 1. The molecule has 2 aromatic heterocycles. The number of nitrogens with one attached hydrogen (secondary N) is 4. The first kappa shape index (κ1) is 19.0. The summed E-state index contributed by atoms with van der Waals surface area (Å²) in [7, 11) is 1.69. The third-order valence-corrected chi connectivity index (χ3v) is 5.39. The zero-order valence-electron chi connectivity index (χ0n) is 15.2. The Morgan fingerprint density at radius 3 is 2.79 bits per heavy atom. The second-order valence-electron chi connectivity index (χ2n) is 7.06. The summed E-state index contributed by atoms with van der Waals surface area (Å²) in [6.45, 7) is -0.456. The first-order chi connectivity index (χ1) is 13.5. The standard InChI is InChI=1S/C16H23N7O5/c1-17-16(2-3-16)15(27)22-8-7(4-24)28-14(11(26)10(8)25)23-13-9-12(19-5-18-9)20-6-21-13/h5-8,10-11,14,17,24-26H,2-4H2,1H3,(H,22,27)(H2,18,19,20,21,23)/t7-,8-,10+,11-,14-/m0/s1. The van der Waals surface area contributed by atoms with Crippen molar-refractivity contribution in [2.75, 3.05) is 19.0 Å². The highest BCUT2D eigenvalue weighted by Crippen LogP contribution is 2.35. The Morgan fingerprint density at radius 1 is 1.32 bits per heavy atom. The van der Waals surface area contributed by atoms with Gasteiger partial charge in [-0.05, 0) is 19.9 Å². The molecule has 1 saturated carbocycles. The van der Waals surface area contributed by atoms with Gasteiger partial charge in [0.05, 0.1) is 24.5 Å². The van der Waals surface area contributed by atoms with Crippen molar-refractivity contribution in [3.8, 4) is 0 Å². The van der Waals surface area contributed by atoms with Crippen LogP contribution in [0.5, 0.6) is 0 Å². The molecule has 0 bridgehead atoms. The molecule has 1 amide bonds. The highest BCUT2D eigenvalue weighted by Gasteiger charge is 2.52. The number of ether oxygens (including phenoxy) is 1. The summed E-state index contributed by atoms with van der Waals surface area (Å²) in [6.07, 6.45) is -0.615. The van der Waals surface area contributed by atoms with Crippen LogP contribution in [0.3, 0.4) is 0 Å². The minimum Gasteiger partial charge on any atom is -0.394 e. The van der Waals surface area contributed by atoms with Crippen molar-refractivity contribution in [1.82, 2.24) is 30.6 Å². The maximum absolute atomic E-state index is 12.5. The lowest BCUT2D eigenvalue weighted by molar-refractivity contribution is -0.185. The summed E-state index contributed by atoms with van der Waals surface area (Å²) in [6, 6.07) is -0.964. The number of fused-ring (bicyclic) bond motifs is 1. The van der Waals surface area contributed by atoms with Crippen molar-refractivity contribution in [3.05, 3.63) is 12.7 Å². The van der Waals surface area contributed by atoms with Crippen LogP contribution in [0.25, 0.3) is 11.2 Å². The van der Waals surface area contributed by atoms with Gasteiger partial charge in [0.2, 0.25) is 5.91 Å². The summed E-state index contributed by atoms with van der Waals surface area (Å²) < 4.78 is 5.73. The molecule has 3 heterocycles. The predicted octanol–water partition coefficient (Wildman–Crippen LogP) is -2.56. The van der Waals surface area contributed by atoms with Crippen LogP contribution in [0, 0.1) is 0 Å². The van der Waals surface area contributed by atoms with Crippen LogP contribution in [0.4, 0.5) is 5.82 Å². The molecule has 2 aliphatic rings. The fraction of sp³-hybridized carbons (Fsp3) is 0.625. The van der Waals surface area contributed by atoms with Crippen molar-refractivity contribution in [2.24, 2.45) is 0 Å². The lowest BCUT2D eigenvalue weighted by atomic mass is 9.95. The van der Waals surface area contributed by atoms with Crippen LogP contribution >= 0.6 is 0 Å². The van der Waals surface area contributed by atoms with Gasteiger partial charge in [0.25, 0.3) is 0 Å². The van der Waals surface area contributed by atoms with Gasteiger partial charge >= 0.3 is 0 Å². The van der Waals surface area contributed by atoms with Crippen molar-refractivity contribution in [1.29, 1.82) is 0 Å². The molecule has 0 spiro atoms. The number of amides is 1. The maximum atomic E-state index is 12.5. The van der Waals surface area contributed by atoms with Gasteiger partial charge in [0.1, 0.15) is 30.2 Å². The number of anilines is 1. The Morgan fingerprint density at radius 2 is 2.11 bits per heavy atom. The van der Waals surface area contributed by atoms with Crippen LogP contribution in [0.15, 0.2) is 12.7 Å². The topological polar surface area (TPSA) is 178 Å². The maximum Gasteiger partial charge on any atom is 0.240 e. The summed E-state index contributed by atoms with van der Waals surface area (Å²) in [5.74, 6) is 0.0275. The second-order valence-corrected chi connectivity index (χ2v) is 7.06. The monoisotopic (exact) mass is 393 g/mol. The molecular weight excluding hydrogens is 370 g/mol. The Hall–Kier alpha value is -2.38. The lowest BCUT2D eigenvalue weighted by Crippen LogP contribution is -2.67. The van der Waals surface area contributed by atoms with E-state index in [2.05, 4.69) is 35.9 Å². The van der Waals surface area contributed by atoms with E-state index in [0.717, 1.165) is 0 Å². The minimum absolute atomic E-state index is 0.297. The summed E-state index contributed by atoms with van der Waals surface area (Å²) in [4.78, 5) is 27.5. The molecule has 0 radical (unpaired) electrons. The van der Waals surface area contributed by atoms with Gasteiger partial charge in [0.15, 0.2) is 17.7 Å². The van der Waals surface area contributed by atoms with Crippen molar-refractivity contribution in [3.63, 3.8) is 0 Å². The molecule has 12 heteroatoms. The molecule has 28 heavy (non-hydrogen) atoms. The first-order valence-corrected chi connectivity index (χ1v) is 9.02. The van der Waals surface area contributed by atoms with Crippen LogP contribution in [-0.4, -0.2) is 90.9 Å². The summed E-state index contributed by atoms with van der Waals surface area (Å²) >= 11 is 0. The van der Waals surface area contributed by atoms with Crippen LogP contribution < -0.4 is 16.0 Å². The number of nitrogens with zero attached hydrogens (tertiary/aromatic N) is 3. The van der Waals surface area contributed by atoms with E-state index in [1.54, 1.807) is 7.05 Å². The molecule has 1 aliphatic carbocycles. The molecule has 2 fully saturated rings. The fourth-order valence-corrected chi connectivity index (χ4v) is 3.43. The number of aliphatic hydroxyl groups is 3. The number of hydrogen-bond acceptors (Lipinski definition) is 10.